The highest BCUT2D eigenvalue weighted by Gasteiger charge is 2.27. The summed E-state index contributed by atoms with van der Waals surface area (Å²) in [5, 5.41) is 19.0. The lowest BCUT2D eigenvalue weighted by Crippen LogP contribution is -2.36. The number of hydrogen-bond donors (Lipinski definition) is 1. The van der Waals surface area contributed by atoms with Crippen LogP contribution in [0.3, 0.4) is 0 Å². The summed E-state index contributed by atoms with van der Waals surface area (Å²) >= 11 is 0. The van der Waals surface area contributed by atoms with Crippen molar-refractivity contribution in [1.29, 1.82) is 5.26 Å². The van der Waals surface area contributed by atoms with Crippen molar-refractivity contribution >= 4 is 0 Å². The highest BCUT2D eigenvalue weighted by atomic mass is 16.3. The van der Waals surface area contributed by atoms with Gasteiger partial charge in [-0.2, -0.15) is 5.26 Å². The fraction of sp³-hybridized carbons (Fsp3) is 0.923. The molecule has 0 aromatic heterocycles. The van der Waals surface area contributed by atoms with Gasteiger partial charge in [0.1, 0.15) is 0 Å². The first-order chi connectivity index (χ1) is 7.79. The van der Waals surface area contributed by atoms with E-state index in [0.717, 1.165) is 31.7 Å². The molecule has 0 radical (unpaired) electrons. The molecule has 1 N–H and O–H groups in total. The zero-order valence-electron chi connectivity index (χ0n) is 9.94. The first kappa shape index (κ1) is 11.9. The summed E-state index contributed by atoms with van der Waals surface area (Å²) in [4.78, 5) is 2.15. The smallest absolute Gasteiger partial charge is 0.0979 e. The number of nitriles is 1. The standard InChI is InChI=1S/C13H22N2O/c14-9-12-6-3-7-15(12)10-13(16)8-11-4-1-2-5-11/h11-13,16H,1-8,10H2. The maximum Gasteiger partial charge on any atom is 0.0979 e. The highest BCUT2D eigenvalue weighted by Crippen LogP contribution is 2.29. The first-order valence-corrected chi connectivity index (χ1v) is 6.61. The van der Waals surface area contributed by atoms with Gasteiger partial charge in [0.25, 0.3) is 0 Å². The van der Waals surface area contributed by atoms with Crippen molar-refractivity contribution in [2.45, 2.75) is 57.1 Å². The zero-order chi connectivity index (χ0) is 11.4. The van der Waals surface area contributed by atoms with E-state index in [4.69, 9.17) is 5.26 Å². The van der Waals surface area contributed by atoms with Crippen LogP contribution in [0.4, 0.5) is 0 Å². The van der Waals surface area contributed by atoms with Gasteiger partial charge in [-0.3, -0.25) is 4.90 Å². The van der Waals surface area contributed by atoms with E-state index in [1.165, 1.54) is 25.7 Å². The van der Waals surface area contributed by atoms with E-state index in [1.807, 2.05) is 0 Å². The average molecular weight is 222 g/mol. The van der Waals surface area contributed by atoms with Crippen molar-refractivity contribution in [3.05, 3.63) is 0 Å². The monoisotopic (exact) mass is 222 g/mol. The lowest BCUT2D eigenvalue weighted by molar-refractivity contribution is 0.0935. The Morgan fingerprint density at radius 2 is 2.00 bits per heavy atom. The quantitative estimate of drug-likeness (QED) is 0.790. The minimum absolute atomic E-state index is 0.0539. The van der Waals surface area contributed by atoms with Crippen LogP contribution in [0.15, 0.2) is 0 Å². The summed E-state index contributed by atoms with van der Waals surface area (Å²) in [6.07, 6.45) is 8.05. The van der Waals surface area contributed by atoms with Crippen molar-refractivity contribution in [3.8, 4) is 6.07 Å². The van der Waals surface area contributed by atoms with Crippen LogP contribution in [0.1, 0.15) is 44.9 Å². The summed E-state index contributed by atoms with van der Waals surface area (Å²) in [5.41, 5.74) is 0. The maximum atomic E-state index is 10.0. The molecule has 0 aromatic rings. The van der Waals surface area contributed by atoms with E-state index >= 15 is 0 Å². The fourth-order valence-electron chi connectivity index (χ4n) is 3.17. The first-order valence-electron chi connectivity index (χ1n) is 6.61. The number of hydrogen-bond acceptors (Lipinski definition) is 3. The van der Waals surface area contributed by atoms with Gasteiger partial charge in [0.15, 0.2) is 0 Å². The third kappa shape index (κ3) is 2.96. The molecule has 3 nitrogen and oxygen atoms in total. The van der Waals surface area contributed by atoms with Gasteiger partial charge in [-0.1, -0.05) is 25.7 Å². The number of β-amino-alcohol motifs (C(OH)–C–C–N with tert-alkyl or cyclic N) is 1. The van der Waals surface area contributed by atoms with Crippen molar-refractivity contribution in [3.63, 3.8) is 0 Å². The molecule has 0 aromatic carbocycles. The Morgan fingerprint density at radius 3 is 2.69 bits per heavy atom. The SMILES string of the molecule is N#CC1CCCN1CC(O)CC1CCCC1. The number of likely N-dealkylation sites (tertiary alicyclic amines) is 1. The molecule has 1 aliphatic heterocycles. The van der Waals surface area contributed by atoms with Crippen LogP contribution in [-0.4, -0.2) is 35.2 Å². The normalized spacial score (nSPS) is 29.4. The highest BCUT2D eigenvalue weighted by molar-refractivity contribution is 4.96. The number of aliphatic hydroxyl groups excluding tert-OH is 1. The minimum Gasteiger partial charge on any atom is -0.392 e. The molecule has 2 atom stereocenters. The van der Waals surface area contributed by atoms with Crippen LogP contribution in [0, 0.1) is 17.2 Å². The Labute approximate surface area is 98.1 Å². The molecule has 1 saturated carbocycles. The second kappa shape index (κ2) is 5.65. The summed E-state index contributed by atoms with van der Waals surface area (Å²) in [6.45, 7) is 1.69. The third-order valence-electron chi connectivity index (χ3n) is 4.04. The van der Waals surface area contributed by atoms with E-state index in [-0.39, 0.29) is 12.1 Å². The van der Waals surface area contributed by atoms with Gasteiger partial charge < -0.3 is 5.11 Å². The zero-order valence-corrected chi connectivity index (χ0v) is 9.94. The second-order valence-corrected chi connectivity index (χ2v) is 5.32. The number of aliphatic hydroxyl groups is 1. The maximum absolute atomic E-state index is 10.0. The molecule has 1 aliphatic carbocycles. The molecule has 2 aliphatic rings. The van der Waals surface area contributed by atoms with Gasteiger partial charge in [-0.05, 0) is 31.7 Å². The van der Waals surface area contributed by atoms with E-state index < -0.39 is 0 Å². The van der Waals surface area contributed by atoms with Gasteiger partial charge in [-0.25, -0.2) is 0 Å². The van der Waals surface area contributed by atoms with E-state index in [0.29, 0.717) is 6.54 Å². The fourth-order valence-corrected chi connectivity index (χ4v) is 3.17. The largest absolute Gasteiger partial charge is 0.392 e. The Kier molecular flexibility index (Phi) is 4.20. The molecule has 2 fully saturated rings. The molecular weight excluding hydrogens is 200 g/mol. The Bertz CT molecular complexity index is 255. The van der Waals surface area contributed by atoms with Crippen LogP contribution in [0.25, 0.3) is 0 Å². The molecule has 2 unspecified atom stereocenters. The number of rotatable bonds is 4. The Morgan fingerprint density at radius 1 is 1.25 bits per heavy atom. The molecule has 0 bridgehead atoms. The van der Waals surface area contributed by atoms with E-state index in [9.17, 15) is 5.11 Å². The lowest BCUT2D eigenvalue weighted by Gasteiger charge is -2.24. The van der Waals surface area contributed by atoms with Crippen molar-refractivity contribution in [2.75, 3.05) is 13.1 Å². The van der Waals surface area contributed by atoms with Crippen LogP contribution in [0.2, 0.25) is 0 Å². The predicted molar refractivity (Wildman–Crippen MR) is 62.8 cm³/mol. The van der Waals surface area contributed by atoms with Gasteiger partial charge in [-0.15, -0.1) is 0 Å². The summed E-state index contributed by atoms with van der Waals surface area (Å²) < 4.78 is 0. The van der Waals surface area contributed by atoms with Crippen molar-refractivity contribution < 1.29 is 5.11 Å². The van der Waals surface area contributed by atoms with E-state index in [2.05, 4.69) is 11.0 Å². The van der Waals surface area contributed by atoms with Gasteiger partial charge in [0, 0.05) is 6.54 Å². The van der Waals surface area contributed by atoms with Crippen LogP contribution >= 0.6 is 0 Å². The molecule has 1 heterocycles. The van der Waals surface area contributed by atoms with Gasteiger partial charge in [0.05, 0.1) is 18.2 Å². The average Bonchev–Trinajstić information content (AvgIpc) is 2.88. The lowest BCUT2D eigenvalue weighted by atomic mass is 10.00. The summed E-state index contributed by atoms with van der Waals surface area (Å²) in [5.74, 6) is 0.734. The van der Waals surface area contributed by atoms with E-state index in [1.54, 1.807) is 0 Å². The molecule has 1 saturated heterocycles. The molecule has 90 valence electrons. The Balaban J connectivity index is 1.73. The van der Waals surface area contributed by atoms with Gasteiger partial charge >= 0.3 is 0 Å². The van der Waals surface area contributed by atoms with Crippen molar-refractivity contribution in [2.24, 2.45) is 5.92 Å². The van der Waals surface area contributed by atoms with Crippen LogP contribution < -0.4 is 0 Å². The van der Waals surface area contributed by atoms with Gasteiger partial charge in [0.2, 0.25) is 0 Å². The summed E-state index contributed by atoms with van der Waals surface area (Å²) in [6, 6.07) is 2.38. The second-order valence-electron chi connectivity index (χ2n) is 5.32. The minimum atomic E-state index is -0.225. The molecule has 3 heteroatoms. The Hall–Kier alpha value is -0.590. The molecular formula is C13H22N2O. The van der Waals surface area contributed by atoms with Crippen molar-refractivity contribution in [1.82, 2.24) is 4.90 Å². The van der Waals surface area contributed by atoms with Crippen LogP contribution in [-0.2, 0) is 0 Å². The molecule has 2 rings (SSSR count). The third-order valence-corrected chi connectivity index (χ3v) is 4.04. The molecule has 16 heavy (non-hydrogen) atoms. The predicted octanol–water partition coefficient (Wildman–Crippen LogP) is 1.92. The van der Waals surface area contributed by atoms with Crippen LogP contribution in [0.5, 0.6) is 0 Å². The number of nitrogens with zero attached hydrogens (tertiary/aromatic N) is 2. The topological polar surface area (TPSA) is 47.3 Å². The molecule has 0 spiro atoms. The molecule has 0 amide bonds. The summed E-state index contributed by atoms with van der Waals surface area (Å²) in [7, 11) is 0.